The Morgan fingerprint density at radius 2 is 1.74 bits per heavy atom. The van der Waals surface area contributed by atoms with Crippen molar-refractivity contribution in [1.82, 2.24) is 9.55 Å². The van der Waals surface area contributed by atoms with Crippen LogP contribution in [0.4, 0.5) is 0 Å². The fourth-order valence-electron chi connectivity index (χ4n) is 3.78. The number of imidazole rings is 1. The van der Waals surface area contributed by atoms with Crippen molar-refractivity contribution in [3.63, 3.8) is 0 Å². The van der Waals surface area contributed by atoms with Gasteiger partial charge in [0.15, 0.2) is 5.69 Å². The molecule has 0 amide bonds. The number of hydrogen-bond acceptors (Lipinski definition) is 3. The fourth-order valence-corrected chi connectivity index (χ4v) is 4.12. The highest BCUT2D eigenvalue weighted by molar-refractivity contribution is 6.33. The summed E-state index contributed by atoms with van der Waals surface area (Å²) in [7, 11) is 0. The molecule has 31 heavy (non-hydrogen) atoms. The molecule has 0 radical (unpaired) electrons. The number of carboxylic acid groups (broad SMARTS) is 1. The van der Waals surface area contributed by atoms with Gasteiger partial charge in [0, 0.05) is 22.3 Å². The zero-order chi connectivity index (χ0) is 22.4. The molecule has 164 valence electrons. The lowest BCUT2D eigenvalue weighted by atomic mass is 9.97. The molecule has 0 aliphatic heterocycles. The second-order valence-electron chi connectivity index (χ2n) is 7.58. The number of benzene rings is 2. The van der Waals surface area contributed by atoms with Crippen molar-refractivity contribution in [2.45, 2.75) is 51.5 Å². The van der Waals surface area contributed by atoms with Crippen LogP contribution in [0.3, 0.4) is 0 Å². The van der Waals surface area contributed by atoms with Gasteiger partial charge in [-0.2, -0.15) is 0 Å². The minimum Gasteiger partial charge on any atom is -0.476 e. The third-order valence-electron chi connectivity index (χ3n) is 5.36. The van der Waals surface area contributed by atoms with E-state index in [4.69, 9.17) is 28.9 Å². The molecule has 1 fully saturated rings. The second kappa shape index (κ2) is 10.8. The van der Waals surface area contributed by atoms with E-state index in [0.717, 1.165) is 5.69 Å². The molecule has 5 nitrogen and oxygen atoms in total. The van der Waals surface area contributed by atoms with Crippen molar-refractivity contribution >= 4 is 29.2 Å². The van der Waals surface area contributed by atoms with Gasteiger partial charge in [-0.3, -0.25) is 4.57 Å². The van der Waals surface area contributed by atoms with Crippen molar-refractivity contribution in [2.75, 3.05) is 0 Å². The topological polar surface area (TPSA) is 81.1 Å². The van der Waals surface area contributed by atoms with Crippen LogP contribution in [0, 0.1) is 0 Å². The van der Waals surface area contributed by atoms with E-state index in [0.29, 0.717) is 39.6 Å². The van der Waals surface area contributed by atoms with Gasteiger partial charge in [0.1, 0.15) is 5.82 Å². The molecule has 1 aromatic heterocycles. The Morgan fingerprint density at radius 1 is 1.10 bits per heavy atom. The lowest BCUT2D eigenvalue weighted by Gasteiger charge is -2.15. The second-order valence-corrected chi connectivity index (χ2v) is 8.42. The molecule has 4 rings (SSSR count). The highest BCUT2D eigenvalue weighted by atomic mass is 35.5. The molecule has 0 spiro atoms. The highest BCUT2D eigenvalue weighted by Crippen LogP contribution is 2.32. The van der Waals surface area contributed by atoms with E-state index in [1.54, 1.807) is 18.2 Å². The van der Waals surface area contributed by atoms with Crippen molar-refractivity contribution in [2.24, 2.45) is 5.73 Å². The van der Waals surface area contributed by atoms with Gasteiger partial charge in [-0.25, -0.2) is 9.78 Å². The Labute approximate surface area is 192 Å². The van der Waals surface area contributed by atoms with E-state index < -0.39 is 5.97 Å². The van der Waals surface area contributed by atoms with Gasteiger partial charge in [0.05, 0.1) is 10.7 Å². The van der Waals surface area contributed by atoms with Crippen LogP contribution in [0.25, 0.3) is 17.1 Å². The van der Waals surface area contributed by atoms with Crippen LogP contribution < -0.4 is 5.73 Å². The molecule has 0 unspecified atom stereocenters. The summed E-state index contributed by atoms with van der Waals surface area (Å²) in [6, 6.07) is 14.9. The van der Waals surface area contributed by atoms with Crippen LogP contribution >= 0.6 is 23.2 Å². The summed E-state index contributed by atoms with van der Waals surface area (Å²) in [5.41, 5.74) is 7.74. The quantitative estimate of drug-likeness (QED) is 0.473. The fraction of sp³-hybridized carbons (Fsp3) is 0.333. The zero-order valence-corrected chi connectivity index (χ0v) is 19.0. The summed E-state index contributed by atoms with van der Waals surface area (Å²) in [5.74, 6) is -0.565. The average molecular weight is 460 g/mol. The number of carboxylic acids is 1. The third kappa shape index (κ3) is 5.67. The number of rotatable bonds is 4. The normalized spacial score (nSPS) is 14.1. The van der Waals surface area contributed by atoms with Crippen molar-refractivity contribution in [3.05, 3.63) is 70.0 Å². The Hall–Kier alpha value is -2.34. The first-order chi connectivity index (χ1) is 14.9. The molecule has 1 heterocycles. The maximum Gasteiger partial charge on any atom is 0.356 e. The Kier molecular flexibility index (Phi) is 8.13. The van der Waals surface area contributed by atoms with Gasteiger partial charge in [0.2, 0.25) is 0 Å². The Balaban J connectivity index is 0.000000330. The largest absolute Gasteiger partial charge is 0.476 e. The molecular weight excluding hydrogens is 433 g/mol. The molecule has 0 bridgehead atoms. The lowest BCUT2D eigenvalue weighted by molar-refractivity contribution is 0.0690. The number of nitrogens with zero attached hydrogens (tertiary/aromatic N) is 2. The SMILES string of the molecule is CCc1c(C(=O)O)nc(-c2ccccc2Cl)n1-c1ccc(Cl)cc1.NC1CCCCC1. The number of nitrogens with two attached hydrogens (primary N) is 1. The lowest BCUT2D eigenvalue weighted by Crippen LogP contribution is -2.22. The number of aromatic carboxylic acids is 1. The molecule has 7 heteroatoms. The van der Waals surface area contributed by atoms with Gasteiger partial charge < -0.3 is 10.8 Å². The molecular formula is C24H27Cl2N3O2. The van der Waals surface area contributed by atoms with Gasteiger partial charge in [0.25, 0.3) is 0 Å². The maximum atomic E-state index is 11.6. The van der Waals surface area contributed by atoms with E-state index in [1.165, 1.54) is 32.1 Å². The summed E-state index contributed by atoms with van der Waals surface area (Å²) in [4.78, 5) is 16.0. The van der Waals surface area contributed by atoms with Crippen molar-refractivity contribution < 1.29 is 9.90 Å². The highest BCUT2D eigenvalue weighted by Gasteiger charge is 2.23. The molecule has 0 saturated heterocycles. The summed E-state index contributed by atoms with van der Waals surface area (Å²) in [6.07, 6.45) is 7.18. The number of aromatic nitrogens is 2. The van der Waals surface area contributed by atoms with Crippen LogP contribution in [0.5, 0.6) is 0 Å². The van der Waals surface area contributed by atoms with Crippen molar-refractivity contribution in [3.8, 4) is 17.1 Å². The van der Waals surface area contributed by atoms with Crippen molar-refractivity contribution in [1.29, 1.82) is 0 Å². The van der Waals surface area contributed by atoms with Crippen LogP contribution in [0.1, 0.15) is 55.2 Å². The minimum atomic E-state index is -1.06. The summed E-state index contributed by atoms with van der Waals surface area (Å²) in [5, 5.41) is 10.6. The van der Waals surface area contributed by atoms with Gasteiger partial charge >= 0.3 is 5.97 Å². The first kappa shape index (κ1) is 23.3. The standard InChI is InChI=1S/C18H14Cl2N2O2.C6H13N/c1-2-15-16(18(23)24)21-17(13-5-3-4-6-14(13)20)22(15)12-9-7-11(19)8-10-12;7-6-4-2-1-3-5-6/h3-10H,2H2,1H3,(H,23,24);6H,1-5,7H2. The molecule has 1 aliphatic rings. The summed E-state index contributed by atoms with van der Waals surface area (Å²) >= 11 is 12.3. The number of carbonyl (C=O) groups is 1. The number of hydrogen-bond donors (Lipinski definition) is 2. The Morgan fingerprint density at radius 3 is 2.26 bits per heavy atom. The molecule has 1 aliphatic carbocycles. The molecule has 3 N–H and O–H groups in total. The van der Waals surface area contributed by atoms with Gasteiger partial charge in [-0.1, -0.05) is 61.5 Å². The third-order valence-corrected chi connectivity index (χ3v) is 5.94. The molecule has 1 saturated carbocycles. The monoisotopic (exact) mass is 459 g/mol. The summed E-state index contributed by atoms with van der Waals surface area (Å²) < 4.78 is 1.82. The van der Waals surface area contributed by atoms with Gasteiger partial charge in [-0.05, 0) is 55.7 Å². The van der Waals surface area contributed by atoms with Crippen LogP contribution in [0.15, 0.2) is 48.5 Å². The first-order valence-corrected chi connectivity index (χ1v) is 11.3. The summed E-state index contributed by atoms with van der Waals surface area (Å²) in [6.45, 7) is 1.90. The van der Waals surface area contributed by atoms with E-state index >= 15 is 0 Å². The van der Waals surface area contributed by atoms with E-state index in [9.17, 15) is 9.90 Å². The first-order valence-electron chi connectivity index (χ1n) is 10.5. The van der Waals surface area contributed by atoms with Crippen LogP contribution in [-0.4, -0.2) is 26.7 Å². The molecule has 3 aromatic rings. The number of halogens is 2. The minimum absolute atomic E-state index is 0.0300. The van der Waals surface area contributed by atoms with E-state index in [1.807, 2.05) is 41.8 Å². The Bertz CT molecular complexity index is 1030. The average Bonchev–Trinajstić information content (AvgIpc) is 3.15. The smallest absolute Gasteiger partial charge is 0.356 e. The zero-order valence-electron chi connectivity index (χ0n) is 17.5. The van der Waals surface area contributed by atoms with Crippen LogP contribution in [0.2, 0.25) is 10.0 Å². The predicted octanol–water partition coefficient (Wildman–Crippen LogP) is 6.38. The molecule has 2 aromatic carbocycles. The van der Waals surface area contributed by atoms with Gasteiger partial charge in [-0.15, -0.1) is 0 Å². The maximum absolute atomic E-state index is 11.6. The van der Waals surface area contributed by atoms with Crippen LogP contribution in [-0.2, 0) is 6.42 Å². The molecule has 0 atom stereocenters. The predicted molar refractivity (Wildman–Crippen MR) is 126 cm³/mol. The van der Waals surface area contributed by atoms with E-state index in [-0.39, 0.29) is 5.69 Å². The van der Waals surface area contributed by atoms with E-state index in [2.05, 4.69) is 4.98 Å².